The quantitative estimate of drug-likeness (QED) is 0.596. The van der Waals surface area contributed by atoms with E-state index in [9.17, 15) is 0 Å². The Morgan fingerprint density at radius 2 is 1.80 bits per heavy atom. The summed E-state index contributed by atoms with van der Waals surface area (Å²) in [6.45, 7) is 16.2. The summed E-state index contributed by atoms with van der Waals surface area (Å²) in [4.78, 5) is 0. The average molecular weight is 206 g/mol. The predicted molar refractivity (Wildman–Crippen MR) is 66.6 cm³/mol. The Bertz CT molecular complexity index is 272. The van der Waals surface area contributed by atoms with Crippen LogP contribution < -0.4 is 0 Å². The van der Waals surface area contributed by atoms with Gasteiger partial charge in [0.1, 0.15) is 0 Å². The van der Waals surface area contributed by atoms with E-state index in [1.54, 1.807) is 0 Å². The van der Waals surface area contributed by atoms with Gasteiger partial charge >= 0.3 is 0 Å². The Hall–Kier alpha value is -0.260. The third kappa shape index (κ3) is 1.14. The van der Waals surface area contributed by atoms with Crippen molar-refractivity contribution in [2.45, 2.75) is 47.5 Å². The molecule has 0 amide bonds. The number of rotatable bonds is 3. The van der Waals surface area contributed by atoms with Gasteiger partial charge in [-0.25, -0.2) is 0 Å². The van der Waals surface area contributed by atoms with Crippen molar-refractivity contribution in [3.63, 3.8) is 0 Å². The molecule has 2 aliphatic carbocycles. The van der Waals surface area contributed by atoms with Gasteiger partial charge in [-0.3, -0.25) is 0 Å². The van der Waals surface area contributed by atoms with Crippen molar-refractivity contribution in [3.05, 3.63) is 12.7 Å². The van der Waals surface area contributed by atoms with Gasteiger partial charge in [0.2, 0.25) is 0 Å². The van der Waals surface area contributed by atoms with Crippen molar-refractivity contribution in [1.29, 1.82) is 0 Å². The van der Waals surface area contributed by atoms with Gasteiger partial charge in [-0.2, -0.15) is 0 Å². The molecule has 0 bridgehead atoms. The Labute approximate surface area is 95.1 Å². The molecule has 0 N–H and O–H groups in total. The van der Waals surface area contributed by atoms with Gasteiger partial charge in [-0.1, -0.05) is 40.7 Å². The van der Waals surface area contributed by atoms with Gasteiger partial charge < -0.3 is 0 Å². The molecule has 0 heteroatoms. The molecule has 0 aromatic heterocycles. The summed E-state index contributed by atoms with van der Waals surface area (Å²) in [5, 5.41) is 0. The molecule has 2 aliphatic rings. The highest BCUT2D eigenvalue weighted by Crippen LogP contribution is 2.77. The standard InChI is InChI=1S/C15H26/c1-7-14(5)13(15(14,6)8-2)12-10(3)9-11(12)4/h7,10-13H,1,8-9H2,2-6H3. The molecule has 5 atom stereocenters. The summed E-state index contributed by atoms with van der Waals surface area (Å²) < 4.78 is 0. The fourth-order valence-electron chi connectivity index (χ4n) is 4.66. The summed E-state index contributed by atoms with van der Waals surface area (Å²) in [5.74, 6) is 3.74. The SMILES string of the molecule is C=CC1(C)C(C2C(C)CC2C)C1(C)CC. The van der Waals surface area contributed by atoms with E-state index in [2.05, 4.69) is 47.3 Å². The molecule has 0 aromatic rings. The smallest absolute Gasteiger partial charge is 0.00559 e. The molecule has 2 rings (SSSR count). The van der Waals surface area contributed by atoms with E-state index in [1.165, 1.54) is 12.8 Å². The summed E-state index contributed by atoms with van der Waals surface area (Å²) in [6, 6.07) is 0. The number of hydrogen-bond donors (Lipinski definition) is 0. The first-order valence-electron chi connectivity index (χ1n) is 6.56. The normalized spacial score (nSPS) is 58.5. The second kappa shape index (κ2) is 3.12. The fourth-order valence-corrected chi connectivity index (χ4v) is 4.66. The molecular formula is C15H26. The van der Waals surface area contributed by atoms with E-state index in [4.69, 9.17) is 0 Å². The molecule has 0 saturated heterocycles. The van der Waals surface area contributed by atoms with Crippen LogP contribution in [0, 0.1) is 34.5 Å². The van der Waals surface area contributed by atoms with Gasteiger partial charge in [0.25, 0.3) is 0 Å². The lowest BCUT2D eigenvalue weighted by atomic mass is 9.62. The van der Waals surface area contributed by atoms with Crippen LogP contribution in [0.4, 0.5) is 0 Å². The molecular weight excluding hydrogens is 180 g/mol. The first kappa shape index (κ1) is 11.2. The zero-order valence-electron chi connectivity index (χ0n) is 11.0. The van der Waals surface area contributed by atoms with Gasteiger partial charge in [-0.05, 0) is 47.3 Å². The lowest BCUT2D eigenvalue weighted by Gasteiger charge is -2.43. The van der Waals surface area contributed by atoms with Crippen LogP contribution in [0.3, 0.4) is 0 Å². The van der Waals surface area contributed by atoms with E-state index in [-0.39, 0.29) is 0 Å². The number of hydrogen-bond acceptors (Lipinski definition) is 0. The monoisotopic (exact) mass is 206 g/mol. The van der Waals surface area contributed by atoms with Crippen LogP contribution in [0.2, 0.25) is 0 Å². The third-order valence-electron chi connectivity index (χ3n) is 6.08. The summed E-state index contributed by atoms with van der Waals surface area (Å²) in [7, 11) is 0. The van der Waals surface area contributed by atoms with Crippen LogP contribution in [0.5, 0.6) is 0 Å². The molecule has 0 aromatic carbocycles. The lowest BCUT2D eigenvalue weighted by molar-refractivity contribution is 0.0606. The van der Waals surface area contributed by atoms with Crippen molar-refractivity contribution >= 4 is 0 Å². The molecule has 0 radical (unpaired) electrons. The molecule has 15 heavy (non-hydrogen) atoms. The van der Waals surface area contributed by atoms with Crippen LogP contribution in [0.15, 0.2) is 12.7 Å². The first-order valence-corrected chi connectivity index (χ1v) is 6.56. The third-order valence-corrected chi connectivity index (χ3v) is 6.08. The largest absolute Gasteiger partial charge is 0.103 e. The Kier molecular flexibility index (Phi) is 2.34. The van der Waals surface area contributed by atoms with E-state index >= 15 is 0 Å². The van der Waals surface area contributed by atoms with Crippen molar-refractivity contribution < 1.29 is 0 Å². The minimum absolute atomic E-state index is 0.412. The van der Waals surface area contributed by atoms with Crippen molar-refractivity contribution in [2.75, 3.05) is 0 Å². The van der Waals surface area contributed by atoms with Crippen molar-refractivity contribution in [1.82, 2.24) is 0 Å². The van der Waals surface area contributed by atoms with Crippen LogP contribution >= 0.6 is 0 Å². The Morgan fingerprint density at radius 3 is 2.07 bits per heavy atom. The topological polar surface area (TPSA) is 0 Å². The molecule has 0 nitrogen and oxygen atoms in total. The second-order valence-electron chi connectivity index (χ2n) is 6.50. The Morgan fingerprint density at radius 1 is 1.27 bits per heavy atom. The second-order valence-corrected chi connectivity index (χ2v) is 6.50. The zero-order chi connectivity index (χ0) is 11.4. The summed E-state index contributed by atoms with van der Waals surface area (Å²) in [5.41, 5.74) is 0.942. The Balaban J connectivity index is 2.21. The summed E-state index contributed by atoms with van der Waals surface area (Å²) >= 11 is 0. The maximum absolute atomic E-state index is 4.08. The van der Waals surface area contributed by atoms with Gasteiger partial charge in [0.15, 0.2) is 0 Å². The highest BCUT2D eigenvalue weighted by Gasteiger charge is 2.72. The lowest BCUT2D eigenvalue weighted by Crippen LogP contribution is -2.36. The predicted octanol–water partition coefficient (Wildman–Crippen LogP) is 4.52. The van der Waals surface area contributed by atoms with Crippen molar-refractivity contribution in [2.24, 2.45) is 34.5 Å². The maximum Gasteiger partial charge on any atom is -0.00559 e. The highest BCUT2D eigenvalue weighted by atomic mass is 14.8. The molecule has 2 saturated carbocycles. The molecule has 0 aliphatic heterocycles. The van der Waals surface area contributed by atoms with E-state index < -0.39 is 0 Å². The minimum atomic E-state index is 0.412. The molecule has 5 unspecified atom stereocenters. The van der Waals surface area contributed by atoms with Gasteiger partial charge in [-0.15, -0.1) is 6.58 Å². The van der Waals surface area contributed by atoms with E-state index in [1.807, 2.05) is 0 Å². The highest BCUT2D eigenvalue weighted by molar-refractivity contribution is 5.26. The molecule has 0 heterocycles. The maximum atomic E-state index is 4.08. The molecule has 2 fully saturated rings. The van der Waals surface area contributed by atoms with Crippen LogP contribution in [0.1, 0.15) is 47.5 Å². The van der Waals surface area contributed by atoms with Crippen LogP contribution in [-0.4, -0.2) is 0 Å². The first-order chi connectivity index (χ1) is 6.92. The van der Waals surface area contributed by atoms with Crippen LogP contribution in [-0.2, 0) is 0 Å². The van der Waals surface area contributed by atoms with Gasteiger partial charge in [0.05, 0.1) is 0 Å². The molecule has 0 spiro atoms. The van der Waals surface area contributed by atoms with Gasteiger partial charge in [0, 0.05) is 0 Å². The summed E-state index contributed by atoms with van der Waals surface area (Å²) in [6.07, 6.45) is 4.98. The minimum Gasteiger partial charge on any atom is -0.103 e. The van der Waals surface area contributed by atoms with E-state index in [0.717, 1.165) is 23.7 Å². The fraction of sp³-hybridized carbons (Fsp3) is 0.867. The van der Waals surface area contributed by atoms with E-state index in [0.29, 0.717) is 10.8 Å². The van der Waals surface area contributed by atoms with Crippen LogP contribution in [0.25, 0.3) is 0 Å². The van der Waals surface area contributed by atoms with Crippen molar-refractivity contribution in [3.8, 4) is 0 Å². The average Bonchev–Trinajstić information content (AvgIpc) is 2.68. The zero-order valence-corrected chi connectivity index (χ0v) is 11.0. The molecule has 86 valence electrons. The number of allylic oxidation sites excluding steroid dienone is 1.